The third kappa shape index (κ3) is 8.37. The highest BCUT2D eigenvalue weighted by Crippen LogP contribution is 2.19. The van der Waals surface area contributed by atoms with E-state index in [0.29, 0.717) is 0 Å². The summed E-state index contributed by atoms with van der Waals surface area (Å²) in [6, 6.07) is 11.2. The van der Waals surface area contributed by atoms with Crippen LogP contribution in [0.25, 0.3) is 10.9 Å². The van der Waals surface area contributed by atoms with Gasteiger partial charge in [-0.05, 0) is 75.5 Å². The van der Waals surface area contributed by atoms with Gasteiger partial charge < -0.3 is 14.8 Å². The minimum absolute atomic E-state index is 0.768. The number of unbranched alkanes of at least 4 members (excludes halogenated alkanes) is 2. The molecule has 37 heavy (non-hydrogen) atoms. The van der Waals surface area contributed by atoms with E-state index in [1.807, 2.05) is 12.4 Å². The lowest BCUT2D eigenvalue weighted by atomic mass is 10.1. The maximum atomic E-state index is 4.98. The van der Waals surface area contributed by atoms with Crippen LogP contribution in [-0.2, 0) is 19.5 Å². The molecule has 7 nitrogen and oxygen atoms in total. The standard InChI is InChI=1S/C30H45N7/c1-4-17-36(18-5-2)19-8-6-7-9-27-12-11-26-21-25(10-13-28(26)34-27)22-37(23-29-31-14-15-32-29)24-30-33-16-20-35(30)3/h10-15,21H,4-9,16-20,22-24H2,1-3H3,(H,31,32). The van der Waals surface area contributed by atoms with Gasteiger partial charge in [0.2, 0.25) is 0 Å². The van der Waals surface area contributed by atoms with E-state index in [2.05, 4.69) is 75.9 Å². The van der Waals surface area contributed by atoms with Crippen LogP contribution in [0.15, 0.2) is 47.7 Å². The predicted molar refractivity (Wildman–Crippen MR) is 154 cm³/mol. The number of aliphatic imine (C=N–C) groups is 1. The number of hydrogen-bond acceptors (Lipinski definition) is 6. The van der Waals surface area contributed by atoms with Crippen LogP contribution in [0, 0.1) is 0 Å². The first kappa shape index (κ1) is 27.3. The summed E-state index contributed by atoms with van der Waals surface area (Å²) in [5.41, 5.74) is 3.59. The number of aromatic nitrogens is 3. The molecule has 3 heterocycles. The quantitative estimate of drug-likeness (QED) is 0.274. The molecule has 2 aromatic heterocycles. The van der Waals surface area contributed by atoms with Crippen LogP contribution >= 0.6 is 0 Å². The molecule has 7 heteroatoms. The summed E-state index contributed by atoms with van der Waals surface area (Å²) in [7, 11) is 2.13. The Morgan fingerprint density at radius 2 is 1.78 bits per heavy atom. The smallest absolute Gasteiger partial charge is 0.120 e. The minimum Gasteiger partial charge on any atom is -0.360 e. The highest BCUT2D eigenvalue weighted by Gasteiger charge is 2.18. The first-order chi connectivity index (χ1) is 18.1. The van der Waals surface area contributed by atoms with Crippen LogP contribution in [0.2, 0.25) is 0 Å². The molecule has 4 rings (SSSR count). The highest BCUT2D eigenvalue weighted by molar-refractivity contribution is 5.85. The average molecular weight is 504 g/mol. The third-order valence-electron chi connectivity index (χ3n) is 7.17. The second-order valence-electron chi connectivity index (χ2n) is 10.4. The Morgan fingerprint density at radius 3 is 2.51 bits per heavy atom. The number of nitrogens with zero attached hydrogens (tertiary/aromatic N) is 6. The van der Waals surface area contributed by atoms with E-state index in [0.717, 1.165) is 56.3 Å². The zero-order valence-corrected chi connectivity index (χ0v) is 23.1. The van der Waals surface area contributed by atoms with Crippen molar-refractivity contribution in [3.63, 3.8) is 0 Å². The summed E-state index contributed by atoms with van der Waals surface area (Å²) in [4.78, 5) is 24.7. The zero-order chi connectivity index (χ0) is 25.9. The molecular weight excluding hydrogens is 458 g/mol. The normalized spacial score (nSPS) is 13.9. The SMILES string of the molecule is CCCN(CCC)CCCCCc1ccc2cc(CN(CC3=NCCN3C)Cc3ncc[nH]3)ccc2n1. The predicted octanol–water partition coefficient (Wildman–Crippen LogP) is 5.14. The topological polar surface area (TPSA) is 63.6 Å². The molecule has 1 aliphatic rings. The molecule has 1 aliphatic heterocycles. The van der Waals surface area contributed by atoms with E-state index >= 15 is 0 Å². The number of nitrogens with one attached hydrogen (secondary N) is 1. The lowest BCUT2D eigenvalue weighted by molar-refractivity contribution is 0.268. The molecule has 0 saturated heterocycles. The fraction of sp³-hybridized carbons (Fsp3) is 0.567. The number of aromatic amines is 1. The van der Waals surface area contributed by atoms with E-state index < -0.39 is 0 Å². The van der Waals surface area contributed by atoms with Gasteiger partial charge in [0.1, 0.15) is 11.7 Å². The molecule has 0 atom stereocenters. The van der Waals surface area contributed by atoms with Gasteiger partial charge in [-0.25, -0.2) is 4.98 Å². The second-order valence-corrected chi connectivity index (χ2v) is 10.4. The molecule has 0 spiro atoms. The molecule has 0 amide bonds. The van der Waals surface area contributed by atoms with Gasteiger partial charge in [0.25, 0.3) is 0 Å². The number of amidine groups is 1. The van der Waals surface area contributed by atoms with Crippen molar-refractivity contribution >= 4 is 16.7 Å². The number of H-pyrrole nitrogens is 1. The number of likely N-dealkylation sites (N-methyl/N-ethyl adjacent to an activating group) is 1. The Bertz CT molecular complexity index is 1100. The number of aryl methyl sites for hydroxylation is 1. The lowest BCUT2D eigenvalue weighted by Gasteiger charge is -2.24. The van der Waals surface area contributed by atoms with Crippen molar-refractivity contribution in [2.45, 2.75) is 65.5 Å². The first-order valence-electron chi connectivity index (χ1n) is 14.2. The van der Waals surface area contributed by atoms with Crippen molar-refractivity contribution in [2.75, 3.05) is 46.3 Å². The van der Waals surface area contributed by atoms with Gasteiger partial charge in [-0.3, -0.25) is 14.9 Å². The molecule has 1 N–H and O–H groups in total. The van der Waals surface area contributed by atoms with Gasteiger partial charge in [0.15, 0.2) is 0 Å². The van der Waals surface area contributed by atoms with Crippen LogP contribution in [0.3, 0.4) is 0 Å². The first-order valence-corrected chi connectivity index (χ1v) is 14.2. The Morgan fingerprint density at radius 1 is 0.919 bits per heavy atom. The van der Waals surface area contributed by atoms with Crippen LogP contribution in [0.5, 0.6) is 0 Å². The van der Waals surface area contributed by atoms with Crippen molar-refractivity contribution in [1.82, 2.24) is 29.7 Å². The molecule has 0 unspecified atom stereocenters. The van der Waals surface area contributed by atoms with Crippen LogP contribution < -0.4 is 0 Å². The molecule has 200 valence electrons. The Hall–Kier alpha value is -2.77. The van der Waals surface area contributed by atoms with E-state index in [1.54, 1.807) is 0 Å². The van der Waals surface area contributed by atoms with Crippen molar-refractivity contribution in [1.29, 1.82) is 0 Å². The maximum Gasteiger partial charge on any atom is 0.120 e. The fourth-order valence-electron chi connectivity index (χ4n) is 5.21. The largest absolute Gasteiger partial charge is 0.360 e. The molecule has 0 fully saturated rings. The fourth-order valence-corrected chi connectivity index (χ4v) is 5.21. The van der Waals surface area contributed by atoms with Gasteiger partial charge in [0, 0.05) is 43.6 Å². The molecule has 0 saturated carbocycles. The number of pyridine rings is 1. The van der Waals surface area contributed by atoms with Crippen molar-refractivity contribution in [2.24, 2.45) is 4.99 Å². The number of rotatable bonds is 16. The van der Waals surface area contributed by atoms with E-state index in [4.69, 9.17) is 9.98 Å². The summed E-state index contributed by atoms with van der Waals surface area (Å²) >= 11 is 0. The van der Waals surface area contributed by atoms with Crippen LogP contribution in [0.1, 0.15) is 63.0 Å². The number of fused-ring (bicyclic) bond motifs is 1. The van der Waals surface area contributed by atoms with Gasteiger partial charge in [-0.2, -0.15) is 0 Å². The summed E-state index contributed by atoms with van der Waals surface area (Å²) in [5.74, 6) is 2.14. The van der Waals surface area contributed by atoms with Crippen molar-refractivity contribution < 1.29 is 0 Å². The second kappa shape index (κ2) is 14.2. The van der Waals surface area contributed by atoms with Gasteiger partial charge in [0.05, 0.1) is 25.2 Å². The highest BCUT2D eigenvalue weighted by atomic mass is 15.3. The molecule has 0 aliphatic carbocycles. The Balaban J connectivity index is 1.32. The zero-order valence-electron chi connectivity index (χ0n) is 23.1. The summed E-state index contributed by atoms with van der Waals surface area (Å²) in [6.45, 7) is 12.6. The van der Waals surface area contributed by atoms with Crippen LogP contribution in [-0.4, -0.2) is 81.8 Å². The monoisotopic (exact) mass is 503 g/mol. The summed E-state index contributed by atoms with van der Waals surface area (Å²) in [6.07, 6.45) is 11.0. The third-order valence-corrected chi connectivity index (χ3v) is 7.17. The van der Waals surface area contributed by atoms with Gasteiger partial charge >= 0.3 is 0 Å². The minimum atomic E-state index is 0.768. The average Bonchev–Trinajstić information content (AvgIpc) is 3.55. The van der Waals surface area contributed by atoms with E-state index in [-0.39, 0.29) is 0 Å². The van der Waals surface area contributed by atoms with E-state index in [1.165, 1.54) is 68.4 Å². The molecule has 0 bridgehead atoms. The summed E-state index contributed by atoms with van der Waals surface area (Å²) in [5, 5.41) is 1.21. The number of hydrogen-bond donors (Lipinski definition) is 1. The van der Waals surface area contributed by atoms with Gasteiger partial charge in [-0.1, -0.05) is 32.4 Å². The molecule has 3 aromatic rings. The van der Waals surface area contributed by atoms with E-state index in [9.17, 15) is 0 Å². The Kier molecular flexibility index (Phi) is 10.5. The molecular formula is C30H45N7. The molecule has 1 aromatic carbocycles. The molecule has 0 radical (unpaired) electrons. The van der Waals surface area contributed by atoms with Crippen molar-refractivity contribution in [3.8, 4) is 0 Å². The van der Waals surface area contributed by atoms with Crippen LogP contribution in [0.4, 0.5) is 0 Å². The maximum absolute atomic E-state index is 4.98. The Labute approximate surface area is 223 Å². The number of imidazole rings is 1. The lowest BCUT2D eigenvalue weighted by Crippen LogP contribution is -2.36. The van der Waals surface area contributed by atoms with Gasteiger partial charge in [-0.15, -0.1) is 0 Å². The number of benzene rings is 1. The summed E-state index contributed by atoms with van der Waals surface area (Å²) < 4.78 is 0. The van der Waals surface area contributed by atoms with Crippen molar-refractivity contribution in [3.05, 3.63) is 59.8 Å².